The first-order chi connectivity index (χ1) is 9.65. The topological polar surface area (TPSA) is 101 Å². The minimum Gasteiger partial charge on any atom is -0.476 e. The van der Waals surface area contributed by atoms with E-state index in [1.54, 1.807) is 12.1 Å². The SMILES string of the molecule is C=CCCOCCNC(=O)Nc1cccnc1C(=O)O. The first-order valence-corrected chi connectivity index (χ1v) is 6.07. The number of rotatable bonds is 8. The van der Waals surface area contributed by atoms with Gasteiger partial charge in [-0.2, -0.15) is 0 Å². The number of hydrogen-bond acceptors (Lipinski definition) is 4. The number of anilines is 1. The molecule has 0 aliphatic rings. The number of urea groups is 1. The molecule has 1 rings (SSSR count). The lowest BCUT2D eigenvalue weighted by Gasteiger charge is -2.09. The number of hydrogen-bond donors (Lipinski definition) is 3. The summed E-state index contributed by atoms with van der Waals surface area (Å²) in [5.74, 6) is -1.20. The normalized spacial score (nSPS) is 9.80. The van der Waals surface area contributed by atoms with Crippen LogP contribution >= 0.6 is 0 Å². The highest BCUT2D eigenvalue weighted by molar-refractivity contribution is 5.98. The molecule has 0 atom stereocenters. The van der Waals surface area contributed by atoms with Crippen molar-refractivity contribution < 1.29 is 19.4 Å². The van der Waals surface area contributed by atoms with Crippen LogP contribution in [0.15, 0.2) is 31.0 Å². The van der Waals surface area contributed by atoms with Gasteiger partial charge in [-0.05, 0) is 18.6 Å². The number of pyridine rings is 1. The van der Waals surface area contributed by atoms with Gasteiger partial charge in [-0.3, -0.25) is 0 Å². The summed E-state index contributed by atoms with van der Waals surface area (Å²) in [6.07, 6.45) is 3.85. The summed E-state index contributed by atoms with van der Waals surface area (Å²) in [6, 6.07) is 2.50. The van der Waals surface area contributed by atoms with E-state index in [2.05, 4.69) is 22.2 Å². The van der Waals surface area contributed by atoms with Crippen LogP contribution in [-0.2, 0) is 4.74 Å². The highest BCUT2D eigenvalue weighted by atomic mass is 16.5. The van der Waals surface area contributed by atoms with E-state index in [1.807, 2.05) is 0 Å². The molecular weight excluding hydrogens is 262 g/mol. The van der Waals surface area contributed by atoms with E-state index in [0.29, 0.717) is 19.8 Å². The van der Waals surface area contributed by atoms with Gasteiger partial charge in [0.1, 0.15) is 0 Å². The lowest BCUT2D eigenvalue weighted by molar-refractivity contribution is 0.0691. The highest BCUT2D eigenvalue weighted by Crippen LogP contribution is 2.11. The minimum absolute atomic E-state index is 0.144. The van der Waals surface area contributed by atoms with Gasteiger partial charge in [-0.1, -0.05) is 6.08 Å². The summed E-state index contributed by atoms with van der Waals surface area (Å²) in [5, 5.41) is 13.9. The van der Waals surface area contributed by atoms with Crippen LogP contribution in [0.4, 0.5) is 10.5 Å². The maximum Gasteiger partial charge on any atom is 0.356 e. The Hall–Kier alpha value is -2.41. The molecule has 0 aliphatic heterocycles. The molecule has 20 heavy (non-hydrogen) atoms. The number of amides is 2. The number of aromatic carboxylic acids is 1. The molecular formula is C13H17N3O4. The van der Waals surface area contributed by atoms with Crippen LogP contribution < -0.4 is 10.6 Å². The van der Waals surface area contributed by atoms with Gasteiger partial charge in [0.2, 0.25) is 0 Å². The summed E-state index contributed by atoms with van der Waals surface area (Å²) in [5.41, 5.74) is -0.0602. The Kier molecular flexibility index (Phi) is 6.77. The maximum atomic E-state index is 11.6. The Labute approximate surface area is 116 Å². The second-order valence-electron chi connectivity index (χ2n) is 3.78. The van der Waals surface area contributed by atoms with Crippen LogP contribution in [0.5, 0.6) is 0 Å². The van der Waals surface area contributed by atoms with E-state index in [-0.39, 0.29) is 11.4 Å². The van der Waals surface area contributed by atoms with Crippen molar-refractivity contribution in [2.45, 2.75) is 6.42 Å². The van der Waals surface area contributed by atoms with E-state index in [1.165, 1.54) is 12.3 Å². The van der Waals surface area contributed by atoms with Crippen molar-refractivity contribution in [3.8, 4) is 0 Å². The fraction of sp³-hybridized carbons (Fsp3) is 0.308. The largest absolute Gasteiger partial charge is 0.476 e. The van der Waals surface area contributed by atoms with Crippen LogP contribution in [0, 0.1) is 0 Å². The molecule has 0 unspecified atom stereocenters. The standard InChI is InChI=1S/C13H17N3O4/c1-2-3-8-20-9-7-15-13(19)16-10-5-4-6-14-11(10)12(17)18/h2,4-6H,1,3,7-9H2,(H,17,18)(H2,15,16,19). The zero-order chi connectivity index (χ0) is 14.8. The molecule has 0 saturated carbocycles. The van der Waals surface area contributed by atoms with Crippen LogP contribution in [0.3, 0.4) is 0 Å². The third-order valence-electron chi connectivity index (χ3n) is 2.26. The number of nitrogens with one attached hydrogen (secondary N) is 2. The summed E-state index contributed by atoms with van der Waals surface area (Å²) in [6.45, 7) is 4.82. The van der Waals surface area contributed by atoms with Crippen molar-refractivity contribution in [1.29, 1.82) is 0 Å². The van der Waals surface area contributed by atoms with E-state index >= 15 is 0 Å². The van der Waals surface area contributed by atoms with E-state index < -0.39 is 12.0 Å². The van der Waals surface area contributed by atoms with Gasteiger partial charge in [0.25, 0.3) is 0 Å². The number of ether oxygens (including phenoxy) is 1. The molecule has 108 valence electrons. The second-order valence-corrected chi connectivity index (χ2v) is 3.78. The molecule has 0 aliphatic carbocycles. The highest BCUT2D eigenvalue weighted by Gasteiger charge is 2.12. The van der Waals surface area contributed by atoms with Crippen molar-refractivity contribution in [3.05, 3.63) is 36.7 Å². The molecule has 2 amide bonds. The van der Waals surface area contributed by atoms with Crippen LogP contribution in [-0.4, -0.2) is 41.8 Å². The predicted octanol–water partition coefficient (Wildman–Crippen LogP) is 1.49. The summed E-state index contributed by atoms with van der Waals surface area (Å²) >= 11 is 0. The number of aromatic nitrogens is 1. The summed E-state index contributed by atoms with van der Waals surface area (Å²) < 4.78 is 5.22. The zero-order valence-electron chi connectivity index (χ0n) is 11.0. The molecule has 7 nitrogen and oxygen atoms in total. The average molecular weight is 279 g/mol. The molecule has 7 heteroatoms. The number of carboxylic acids is 1. The first-order valence-electron chi connectivity index (χ1n) is 6.07. The fourth-order valence-electron chi connectivity index (χ4n) is 1.35. The van der Waals surface area contributed by atoms with Crippen molar-refractivity contribution in [2.75, 3.05) is 25.1 Å². The monoisotopic (exact) mass is 279 g/mol. The lowest BCUT2D eigenvalue weighted by Crippen LogP contribution is -2.32. The molecule has 0 aromatic carbocycles. The fourth-order valence-corrected chi connectivity index (χ4v) is 1.35. The maximum absolute atomic E-state index is 11.6. The molecule has 1 aromatic rings. The third kappa shape index (κ3) is 5.49. The number of carbonyl (C=O) groups is 2. The molecule has 3 N–H and O–H groups in total. The predicted molar refractivity (Wildman–Crippen MR) is 73.9 cm³/mol. The van der Waals surface area contributed by atoms with Crippen molar-refractivity contribution >= 4 is 17.7 Å². The Morgan fingerprint density at radius 2 is 2.25 bits per heavy atom. The van der Waals surface area contributed by atoms with Crippen LogP contribution in [0.1, 0.15) is 16.9 Å². The van der Waals surface area contributed by atoms with Crippen molar-refractivity contribution in [3.63, 3.8) is 0 Å². The zero-order valence-corrected chi connectivity index (χ0v) is 11.0. The van der Waals surface area contributed by atoms with Crippen molar-refractivity contribution in [2.24, 2.45) is 0 Å². The first kappa shape index (κ1) is 15.6. The average Bonchev–Trinajstić information content (AvgIpc) is 2.43. The molecule has 0 spiro atoms. The lowest BCUT2D eigenvalue weighted by atomic mass is 10.3. The van der Waals surface area contributed by atoms with Gasteiger partial charge in [-0.25, -0.2) is 14.6 Å². The molecule has 0 fully saturated rings. The molecule has 0 radical (unpaired) electrons. The minimum atomic E-state index is -1.20. The van der Waals surface area contributed by atoms with E-state index in [9.17, 15) is 9.59 Å². The Balaban J connectivity index is 2.35. The van der Waals surface area contributed by atoms with Gasteiger partial charge in [-0.15, -0.1) is 6.58 Å². The number of carboxylic acid groups (broad SMARTS) is 1. The summed E-state index contributed by atoms with van der Waals surface area (Å²) in [7, 11) is 0. The van der Waals surface area contributed by atoms with Crippen LogP contribution in [0.2, 0.25) is 0 Å². The molecule has 0 bridgehead atoms. The van der Waals surface area contributed by atoms with Gasteiger partial charge >= 0.3 is 12.0 Å². The van der Waals surface area contributed by atoms with Gasteiger partial charge in [0, 0.05) is 12.7 Å². The van der Waals surface area contributed by atoms with Crippen LogP contribution in [0.25, 0.3) is 0 Å². The Morgan fingerprint density at radius 3 is 2.95 bits per heavy atom. The third-order valence-corrected chi connectivity index (χ3v) is 2.26. The number of carbonyl (C=O) groups excluding carboxylic acids is 1. The quantitative estimate of drug-likeness (QED) is 0.494. The van der Waals surface area contributed by atoms with E-state index in [4.69, 9.17) is 9.84 Å². The Morgan fingerprint density at radius 1 is 1.45 bits per heavy atom. The molecule has 1 aromatic heterocycles. The smallest absolute Gasteiger partial charge is 0.356 e. The number of nitrogens with zero attached hydrogens (tertiary/aromatic N) is 1. The van der Waals surface area contributed by atoms with E-state index in [0.717, 1.165) is 6.42 Å². The molecule has 0 saturated heterocycles. The van der Waals surface area contributed by atoms with Gasteiger partial charge in [0.15, 0.2) is 5.69 Å². The Bertz CT molecular complexity index is 476. The second kappa shape index (κ2) is 8.65. The van der Waals surface area contributed by atoms with Crippen molar-refractivity contribution in [1.82, 2.24) is 10.3 Å². The summed E-state index contributed by atoms with van der Waals surface area (Å²) in [4.78, 5) is 26.1. The molecule has 1 heterocycles. The van der Waals surface area contributed by atoms with Gasteiger partial charge in [0.05, 0.1) is 18.9 Å². The van der Waals surface area contributed by atoms with Gasteiger partial charge < -0.3 is 20.5 Å².